The van der Waals surface area contributed by atoms with E-state index in [0.717, 1.165) is 32.6 Å². The molecule has 2 aliphatic rings. The van der Waals surface area contributed by atoms with Crippen LogP contribution >= 0.6 is 12.4 Å². The number of fused-ring (bicyclic) bond motifs is 1. The molecule has 94 valence electrons. The zero-order valence-corrected chi connectivity index (χ0v) is 10.5. The normalized spacial score (nSPS) is 31.2. The van der Waals surface area contributed by atoms with Crippen molar-refractivity contribution in [3.63, 3.8) is 0 Å². The first-order valence-electron chi connectivity index (χ1n) is 5.84. The lowest BCUT2D eigenvalue weighted by atomic mass is 9.86. The molecule has 3 atom stereocenters. The zero-order chi connectivity index (χ0) is 10.8. The second kappa shape index (κ2) is 5.84. The molecule has 2 unspecified atom stereocenters. The lowest BCUT2D eigenvalue weighted by Gasteiger charge is -2.44. The van der Waals surface area contributed by atoms with Gasteiger partial charge in [-0.2, -0.15) is 0 Å². The molecular weight excluding hydrogens is 228 g/mol. The Morgan fingerprint density at radius 1 is 1.50 bits per heavy atom. The first kappa shape index (κ1) is 13.7. The van der Waals surface area contributed by atoms with Crippen LogP contribution in [0.25, 0.3) is 0 Å². The molecule has 2 fully saturated rings. The van der Waals surface area contributed by atoms with Gasteiger partial charge in [0, 0.05) is 25.1 Å². The van der Waals surface area contributed by atoms with E-state index in [1.807, 2.05) is 4.90 Å². The zero-order valence-electron chi connectivity index (χ0n) is 9.72. The average molecular weight is 249 g/mol. The van der Waals surface area contributed by atoms with Crippen LogP contribution in [0.3, 0.4) is 0 Å². The fourth-order valence-corrected chi connectivity index (χ4v) is 2.70. The van der Waals surface area contributed by atoms with Crippen molar-refractivity contribution in [2.45, 2.75) is 38.3 Å². The lowest BCUT2D eigenvalue weighted by molar-refractivity contribution is -0.141. The summed E-state index contributed by atoms with van der Waals surface area (Å²) in [5.41, 5.74) is 5.67. The lowest BCUT2D eigenvalue weighted by Crippen LogP contribution is -2.55. The maximum Gasteiger partial charge on any atom is 0.239 e. The minimum atomic E-state index is -0.369. The van der Waals surface area contributed by atoms with Crippen molar-refractivity contribution in [3.8, 4) is 0 Å². The second-order valence-electron chi connectivity index (χ2n) is 4.65. The van der Waals surface area contributed by atoms with Crippen molar-refractivity contribution in [2.24, 2.45) is 11.7 Å². The van der Waals surface area contributed by atoms with Gasteiger partial charge in [-0.25, -0.2) is 0 Å². The monoisotopic (exact) mass is 248 g/mol. The van der Waals surface area contributed by atoms with Crippen molar-refractivity contribution in [1.29, 1.82) is 0 Å². The quantitative estimate of drug-likeness (QED) is 0.746. The van der Waals surface area contributed by atoms with Gasteiger partial charge in [-0.3, -0.25) is 4.79 Å². The van der Waals surface area contributed by atoms with E-state index < -0.39 is 0 Å². The molecule has 0 aliphatic carbocycles. The number of halogens is 1. The highest BCUT2D eigenvalue weighted by Gasteiger charge is 2.36. The van der Waals surface area contributed by atoms with Crippen molar-refractivity contribution in [2.75, 3.05) is 19.8 Å². The number of nitrogens with zero attached hydrogens (tertiary/aromatic N) is 1. The van der Waals surface area contributed by atoms with Gasteiger partial charge in [0.1, 0.15) is 0 Å². The van der Waals surface area contributed by atoms with Gasteiger partial charge in [-0.1, -0.05) is 0 Å². The van der Waals surface area contributed by atoms with E-state index in [0.29, 0.717) is 12.0 Å². The van der Waals surface area contributed by atoms with Gasteiger partial charge in [0.2, 0.25) is 5.91 Å². The topological polar surface area (TPSA) is 55.6 Å². The summed E-state index contributed by atoms with van der Waals surface area (Å²) in [5.74, 6) is 0.641. The third-order valence-corrected chi connectivity index (χ3v) is 3.48. The number of amides is 1. The third kappa shape index (κ3) is 2.67. The summed E-state index contributed by atoms with van der Waals surface area (Å²) in [7, 11) is 0. The SMILES string of the molecule is C[C@H](N)C(=O)N1CCCC2COCCC21.Cl. The Balaban J connectivity index is 0.00000128. The van der Waals surface area contributed by atoms with Gasteiger partial charge in [0.25, 0.3) is 0 Å². The molecule has 0 radical (unpaired) electrons. The number of carbonyl (C=O) groups is 1. The van der Waals surface area contributed by atoms with Crippen LogP contribution in [0.2, 0.25) is 0 Å². The molecule has 5 heteroatoms. The number of hydrogen-bond acceptors (Lipinski definition) is 3. The molecule has 16 heavy (non-hydrogen) atoms. The number of nitrogens with two attached hydrogens (primary N) is 1. The molecule has 4 nitrogen and oxygen atoms in total. The van der Waals surface area contributed by atoms with Crippen molar-refractivity contribution < 1.29 is 9.53 Å². The van der Waals surface area contributed by atoms with E-state index in [1.54, 1.807) is 6.92 Å². The van der Waals surface area contributed by atoms with E-state index in [1.165, 1.54) is 6.42 Å². The van der Waals surface area contributed by atoms with Crippen molar-refractivity contribution in [1.82, 2.24) is 4.90 Å². The molecular formula is C11H21ClN2O2. The van der Waals surface area contributed by atoms with E-state index in [9.17, 15) is 4.79 Å². The predicted molar refractivity (Wildman–Crippen MR) is 64.6 cm³/mol. The number of piperidine rings is 1. The molecule has 0 aromatic heterocycles. The Morgan fingerprint density at radius 2 is 2.25 bits per heavy atom. The summed E-state index contributed by atoms with van der Waals surface area (Å²) in [5, 5.41) is 0. The largest absolute Gasteiger partial charge is 0.381 e. The van der Waals surface area contributed by atoms with Crippen LogP contribution in [0, 0.1) is 5.92 Å². The fourth-order valence-electron chi connectivity index (χ4n) is 2.70. The van der Waals surface area contributed by atoms with E-state index in [4.69, 9.17) is 10.5 Å². The molecule has 0 bridgehead atoms. The number of hydrogen-bond donors (Lipinski definition) is 1. The van der Waals surface area contributed by atoms with Gasteiger partial charge >= 0.3 is 0 Å². The van der Waals surface area contributed by atoms with Gasteiger partial charge in [-0.15, -0.1) is 12.4 Å². The highest BCUT2D eigenvalue weighted by Crippen LogP contribution is 2.29. The molecule has 2 heterocycles. The number of likely N-dealkylation sites (tertiary alicyclic amines) is 1. The number of ether oxygens (including phenoxy) is 1. The van der Waals surface area contributed by atoms with Crippen LogP contribution in [-0.4, -0.2) is 42.6 Å². The summed E-state index contributed by atoms with van der Waals surface area (Å²) in [6, 6.07) is 0.0117. The Bertz CT molecular complexity index is 246. The molecule has 0 saturated carbocycles. The summed E-state index contributed by atoms with van der Waals surface area (Å²) in [6.45, 7) is 4.24. The molecule has 2 rings (SSSR count). The molecule has 0 aromatic carbocycles. The minimum absolute atomic E-state index is 0. The van der Waals surface area contributed by atoms with Crippen molar-refractivity contribution >= 4 is 18.3 Å². The molecule has 0 spiro atoms. The summed E-state index contributed by atoms with van der Waals surface area (Å²) in [6.07, 6.45) is 3.25. The Hall–Kier alpha value is -0.320. The third-order valence-electron chi connectivity index (χ3n) is 3.48. The standard InChI is InChI=1S/C11H20N2O2.ClH/c1-8(12)11(14)13-5-2-3-9-7-15-6-4-10(9)13;/h8-10H,2-7,12H2,1H3;1H/t8-,9?,10?;/m0./s1. The van der Waals surface area contributed by atoms with E-state index >= 15 is 0 Å². The molecule has 0 aromatic rings. The van der Waals surface area contributed by atoms with Crippen LogP contribution in [-0.2, 0) is 9.53 Å². The van der Waals surface area contributed by atoms with Crippen molar-refractivity contribution in [3.05, 3.63) is 0 Å². The van der Waals surface area contributed by atoms with E-state index in [2.05, 4.69) is 0 Å². The smallest absolute Gasteiger partial charge is 0.239 e. The molecule has 2 saturated heterocycles. The Morgan fingerprint density at radius 3 is 2.94 bits per heavy atom. The van der Waals surface area contributed by atoms with Crippen LogP contribution in [0.4, 0.5) is 0 Å². The highest BCUT2D eigenvalue weighted by atomic mass is 35.5. The van der Waals surface area contributed by atoms with Gasteiger partial charge in [0.05, 0.1) is 12.6 Å². The summed E-state index contributed by atoms with van der Waals surface area (Å²) >= 11 is 0. The van der Waals surface area contributed by atoms with Crippen LogP contribution in [0.5, 0.6) is 0 Å². The predicted octanol–water partition coefficient (Wildman–Crippen LogP) is 0.783. The van der Waals surface area contributed by atoms with Crippen LogP contribution in [0.1, 0.15) is 26.2 Å². The van der Waals surface area contributed by atoms with Gasteiger partial charge < -0.3 is 15.4 Å². The summed E-state index contributed by atoms with van der Waals surface area (Å²) < 4.78 is 5.46. The van der Waals surface area contributed by atoms with Crippen LogP contribution < -0.4 is 5.73 Å². The van der Waals surface area contributed by atoms with E-state index in [-0.39, 0.29) is 24.4 Å². The minimum Gasteiger partial charge on any atom is -0.381 e. The number of carbonyl (C=O) groups excluding carboxylic acids is 1. The molecule has 2 aliphatic heterocycles. The summed E-state index contributed by atoms with van der Waals surface area (Å²) in [4.78, 5) is 13.9. The van der Waals surface area contributed by atoms with Gasteiger partial charge in [0.15, 0.2) is 0 Å². The fraction of sp³-hybridized carbons (Fsp3) is 0.909. The molecule has 2 N–H and O–H groups in total. The van der Waals surface area contributed by atoms with Crippen LogP contribution in [0.15, 0.2) is 0 Å². The first-order valence-corrected chi connectivity index (χ1v) is 5.84. The highest BCUT2D eigenvalue weighted by molar-refractivity contribution is 5.85. The average Bonchev–Trinajstić information content (AvgIpc) is 2.27. The Labute approximate surface area is 103 Å². The first-order chi connectivity index (χ1) is 7.20. The number of rotatable bonds is 1. The van der Waals surface area contributed by atoms with Gasteiger partial charge in [-0.05, 0) is 26.2 Å². The maximum absolute atomic E-state index is 11.9. The maximum atomic E-state index is 11.9. The molecule has 1 amide bonds. The second-order valence-corrected chi connectivity index (χ2v) is 4.65. The Kier molecular flexibility index (Phi) is 5.02.